The van der Waals surface area contributed by atoms with Gasteiger partial charge in [0.1, 0.15) is 0 Å². The average Bonchev–Trinajstić information content (AvgIpc) is 3.11. The molecule has 1 aliphatic rings. The van der Waals surface area contributed by atoms with Crippen LogP contribution in [0.1, 0.15) is 18.0 Å². The molecule has 2 aromatic rings. The zero-order valence-electron chi connectivity index (χ0n) is 11.8. The van der Waals surface area contributed by atoms with E-state index in [2.05, 4.69) is 9.82 Å². The largest absolute Gasteiger partial charge is 0.379 e. The summed E-state index contributed by atoms with van der Waals surface area (Å²) in [5.41, 5.74) is 1.13. The molecule has 1 aromatic heterocycles. The molecule has 1 N–H and O–H groups in total. The second-order valence-corrected chi connectivity index (χ2v) is 7.37. The lowest BCUT2D eigenvalue weighted by atomic mass is 10.2. The number of hydrogen-bond donors (Lipinski definition) is 1. The van der Waals surface area contributed by atoms with Crippen molar-refractivity contribution in [1.82, 2.24) is 9.78 Å². The normalized spacial score (nSPS) is 18.5. The summed E-state index contributed by atoms with van der Waals surface area (Å²) in [5, 5.41) is 4.77. The molecule has 0 spiro atoms. The lowest BCUT2D eigenvalue weighted by molar-refractivity contribution is 0.184. The molecule has 3 rings (SSSR count). The molecule has 0 bridgehead atoms. The Morgan fingerprint density at radius 2 is 2.14 bits per heavy atom. The van der Waals surface area contributed by atoms with Crippen molar-refractivity contribution in [2.75, 3.05) is 17.9 Å². The molecular weight excluding hydrogens is 326 g/mol. The van der Waals surface area contributed by atoms with Gasteiger partial charge >= 0.3 is 0 Å². The van der Waals surface area contributed by atoms with E-state index in [1.807, 2.05) is 0 Å². The number of ether oxygens (including phenoxy) is 1. The fourth-order valence-electron chi connectivity index (χ4n) is 2.34. The van der Waals surface area contributed by atoms with Crippen LogP contribution >= 0.6 is 11.6 Å². The first-order valence-corrected chi connectivity index (χ1v) is 8.92. The van der Waals surface area contributed by atoms with Gasteiger partial charge in [-0.1, -0.05) is 23.7 Å². The first-order valence-electron chi connectivity index (χ1n) is 6.89. The third-order valence-corrected chi connectivity index (χ3v) is 4.94. The number of nitrogens with one attached hydrogen (secondary N) is 1. The van der Waals surface area contributed by atoms with E-state index in [4.69, 9.17) is 16.3 Å². The Morgan fingerprint density at radius 3 is 2.82 bits per heavy atom. The molecule has 22 heavy (non-hydrogen) atoms. The third-order valence-electron chi connectivity index (χ3n) is 3.42. The number of halogens is 1. The van der Waals surface area contributed by atoms with Gasteiger partial charge in [-0.3, -0.25) is 9.40 Å². The summed E-state index contributed by atoms with van der Waals surface area (Å²) in [6, 6.07) is 6.91. The highest BCUT2D eigenvalue weighted by Crippen LogP contribution is 2.20. The van der Waals surface area contributed by atoms with Crippen molar-refractivity contribution >= 4 is 27.3 Å². The van der Waals surface area contributed by atoms with E-state index in [0.29, 0.717) is 29.5 Å². The predicted molar refractivity (Wildman–Crippen MR) is 84.4 cm³/mol. The van der Waals surface area contributed by atoms with Crippen LogP contribution in [0.5, 0.6) is 0 Å². The number of benzene rings is 1. The zero-order chi connectivity index (χ0) is 15.6. The maximum absolute atomic E-state index is 12.2. The summed E-state index contributed by atoms with van der Waals surface area (Å²) in [4.78, 5) is 0. The second kappa shape index (κ2) is 6.28. The van der Waals surface area contributed by atoms with E-state index in [0.717, 1.165) is 6.42 Å². The molecule has 0 amide bonds. The number of nitrogens with zero attached hydrogens (tertiary/aromatic N) is 2. The Morgan fingerprint density at radius 1 is 1.36 bits per heavy atom. The van der Waals surface area contributed by atoms with Gasteiger partial charge in [0.15, 0.2) is 0 Å². The zero-order valence-corrected chi connectivity index (χ0v) is 13.3. The van der Waals surface area contributed by atoms with Crippen LogP contribution in [0.3, 0.4) is 0 Å². The van der Waals surface area contributed by atoms with E-state index in [9.17, 15) is 8.42 Å². The lowest BCUT2D eigenvalue weighted by Crippen LogP contribution is -2.15. The van der Waals surface area contributed by atoms with Gasteiger partial charge in [0.25, 0.3) is 0 Å². The summed E-state index contributed by atoms with van der Waals surface area (Å²) in [6.45, 7) is 1.32. The first-order chi connectivity index (χ1) is 10.5. The molecule has 118 valence electrons. The van der Waals surface area contributed by atoms with Gasteiger partial charge in [-0.2, -0.15) is 5.10 Å². The molecule has 6 nitrogen and oxygen atoms in total. The van der Waals surface area contributed by atoms with Crippen molar-refractivity contribution in [3.63, 3.8) is 0 Å². The van der Waals surface area contributed by atoms with Gasteiger partial charge in [-0.25, -0.2) is 8.42 Å². The third kappa shape index (κ3) is 3.79. The molecule has 2 heterocycles. The van der Waals surface area contributed by atoms with Crippen LogP contribution in [0.25, 0.3) is 0 Å². The molecule has 0 saturated carbocycles. The molecule has 1 atom stereocenters. The molecule has 0 aliphatic carbocycles. The van der Waals surface area contributed by atoms with Crippen molar-refractivity contribution in [3.8, 4) is 0 Å². The highest BCUT2D eigenvalue weighted by atomic mass is 35.5. The van der Waals surface area contributed by atoms with Crippen LogP contribution in [0.4, 0.5) is 5.69 Å². The quantitative estimate of drug-likeness (QED) is 0.906. The Kier molecular flexibility index (Phi) is 4.37. The fraction of sp³-hybridized carbons (Fsp3) is 0.357. The fourth-order valence-corrected chi connectivity index (χ4v) is 3.63. The molecule has 1 saturated heterocycles. The van der Waals surface area contributed by atoms with E-state index < -0.39 is 10.0 Å². The van der Waals surface area contributed by atoms with Gasteiger partial charge < -0.3 is 4.74 Å². The minimum atomic E-state index is -3.49. The van der Waals surface area contributed by atoms with E-state index in [1.54, 1.807) is 35.1 Å². The van der Waals surface area contributed by atoms with E-state index in [-0.39, 0.29) is 11.8 Å². The second-order valence-electron chi connectivity index (χ2n) is 5.21. The summed E-state index contributed by atoms with van der Waals surface area (Å²) < 4.78 is 33.9. The SMILES string of the molecule is O=S(=O)(Cc1ccc(Cl)cc1)Nc1cnn([C@H]2CCOC2)c1. The molecule has 0 unspecified atom stereocenters. The smallest absolute Gasteiger partial charge is 0.237 e. The Hall–Kier alpha value is -1.57. The number of aromatic nitrogens is 2. The number of anilines is 1. The number of sulfonamides is 1. The minimum Gasteiger partial charge on any atom is -0.379 e. The molecule has 8 heteroatoms. The predicted octanol–water partition coefficient (Wildman–Crippen LogP) is 2.44. The molecule has 1 aromatic carbocycles. The van der Waals surface area contributed by atoms with E-state index in [1.165, 1.54) is 6.20 Å². The Labute approximate surface area is 134 Å². The van der Waals surface area contributed by atoms with Crippen LogP contribution < -0.4 is 4.72 Å². The molecule has 1 fully saturated rings. The summed E-state index contributed by atoms with van der Waals surface area (Å²) in [6.07, 6.45) is 4.09. The number of rotatable bonds is 5. The Bertz CT molecular complexity index is 737. The van der Waals surface area contributed by atoms with Crippen molar-refractivity contribution in [1.29, 1.82) is 0 Å². The van der Waals surface area contributed by atoms with Gasteiger partial charge in [0, 0.05) is 17.8 Å². The van der Waals surface area contributed by atoms with Crippen LogP contribution in [0.15, 0.2) is 36.7 Å². The monoisotopic (exact) mass is 341 g/mol. The van der Waals surface area contributed by atoms with Crippen molar-refractivity contribution < 1.29 is 13.2 Å². The van der Waals surface area contributed by atoms with Crippen LogP contribution in [-0.2, 0) is 20.5 Å². The topological polar surface area (TPSA) is 73.2 Å². The maximum atomic E-state index is 12.2. The van der Waals surface area contributed by atoms with Gasteiger partial charge in [-0.15, -0.1) is 0 Å². The van der Waals surface area contributed by atoms with Crippen molar-refractivity contribution in [3.05, 3.63) is 47.2 Å². The van der Waals surface area contributed by atoms with Gasteiger partial charge in [0.05, 0.1) is 30.3 Å². The van der Waals surface area contributed by atoms with Crippen molar-refractivity contribution in [2.45, 2.75) is 18.2 Å². The van der Waals surface area contributed by atoms with Gasteiger partial charge in [-0.05, 0) is 24.1 Å². The van der Waals surface area contributed by atoms with Crippen LogP contribution in [0.2, 0.25) is 5.02 Å². The molecule has 1 aliphatic heterocycles. The molecule has 0 radical (unpaired) electrons. The van der Waals surface area contributed by atoms with Crippen LogP contribution in [-0.4, -0.2) is 31.4 Å². The highest BCUT2D eigenvalue weighted by molar-refractivity contribution is 7.91. The summed E-state index contributed by atoms with van der Waals surface area (Å²) >= 11 is 5.79. The first kappa shape index (κ1) is 15.3. The average molecular weight is 342 g/mol. The van der Waals surface area contributed by atoms with Crippen LogP contribution in [0, 0.1) is 0 Å². The minimum absolute atomic E-state index is 0.109. The highest BCUT2D eigenvalue weighted by Gasteiger charge is 2.19. The number of hydrogen-bond acceptors (Lipinski definition) is 4. The molecular formula is C14H16ClN3O3S. The Balaban J connectivity index is 1.67. The maximum Gasteiger partial charge on any atom is 0.237 e. The summed E-state index contributed by atoms with van der Waals surface area (Å²) in [5.74, 6) is -0.109. The van der Waals surface area contributed by atoms with Gasteiger partial charge in [0.2, 0.25) is 10.0 Å². The summed E-state index contributed by atoms with van der Waals surface area (Å²) in [7, 11) is -3.49. The lowest BCUT2D eigenvalue weighted by Gasteiger charge is -2.08. The standard InChI is InChI=1S/C14H16ClN3O3S/c15-12-3-1-11(2-4-12)10-22(19,20)17-13-7-16-18(8-13)14-5-6-21-9-14/h1-4,7-8,14,17H,5-6,9-10H2/t14-/m0/s1. The van der Waals surface area contributed by atoms with E-state index >= 15 is 0 Å². The van der Waals surface area contributed by atoms with Crippen molar-refractivity contribution in [2.24, 2.45) is 0 Å².